The van der Waals surface area contributed by atoms with Gasteiger partial charge in [0.1, 0.15) is 21.7 Å². The second-order valence-corrected chi connectivity index (χ2v) is 8.31. The average Bonchev–Trinajstić information content (AvgIpc) is 2.87. The van der Waals surface area contributed by atoms with E-state index >= 15 is 0 Å². The van der Waals surface area contributed by atoms with Crippen LogP contribution in [0.4, 0.5) is 10.1 Å². The fraction of sp³-hybridized carbons (Fsp3) is 0.389. The Morgan fingerprint density at radius 1 is 1.40 bits per heavy atom. The summed E-state index contributed by atoms with van der Waals surface area (Å²) in [6, 6.07) is 5.90. The lowest BCUT2D eigenvalue weighted by Crippen LogP contribution is -2.15. The Bertz CT molecular complexity index is 800. The number of amides is 1. The van der Waals surface area contributed by atoms with Gasteiger partial charge in [0.15, 0.2) is 0 Å². The van der Waals surface area contributed by atoms with Gasteiger partial charge in [-0.25, -0.2) is 14.4 Å². The Balaban J connectivity index is 1.72. The molecule has 7 heteroatoms. The maximum atomic E-state index is 13.2. The van der Waals surface area contributed by atoms with Crippen LogP contribution in [-0.4, -0.2) is 26.9 Å². The number of nitrogens with zero attached hydrogens (tertiary/aromatic N) is 2. The van der Waals surface area contributed by atoms with Gasteiger partial charge in [-0.05, 0) is 31.5 Å². The van der Waals surface area contributed by atoms with Crippen molar-refractivity contribution in [3.63, 3.8) is 0 Å². The van der Waals surface area contributed by atoms with Crippen LogP contribution in [0.1, 0.15) is 37.6 Å². The number of hydrogen-bond acceptors (Lipinski definition) is 5. The fourth-order valence-electron chi connectivity index (χ4n) is 2.97. The van der Waals surface area contributed by atoms with Crippen molar-refractivity contribution < 1.29 is 9.18 Å². The number of rotatable bonds is 5. The molecule has 1 aliphatic heterocycles. The molecule has 1 aromatic carbocycles. The summed E-state index contributed by atoms with van der Waals surface area (Å²) in [6.45, 7) is 6.25. The summed E-state index contributed by atoms with van der Waals surface area (Å²) in [7, 11) is 0. The molecule has 4 nitrogen and oxygen atoms in total. The van der Waals surface area contributed by atoms with Crippen molar-refractivity contribution in [2.45, 2.75) is 48.4 Å². The zero-order chi connectivity index (χ0) is 18.0. The predicted molar refractivity (Wildman–Crippen MR) is 101 cm³/mol. The van der Waals surface area contributed by atoms with Crippen LogP contribution in [0.2, 0.25) is 0 Å². The Labute approximate surface area is 155 Å². The molecule has 2 unspecified atom stereocenters. The summed E-state index contributed by atoms with van der Waals surface area (Å²) in [6.07, 6.45) is 1.02. The van der Waals surface area contributed by atoms with Gasteiger partial charge < -0.3 is 5.32 Å². The lowest BCUT2D eigenvalue weighted by atomic mass is 9.96. The van der Waals surface area contributed by atoms with Crippen LogP contribution in [0.15, 0.2) is 34.3 Å². The smallest absolute Gasteiger partial charge is 0.234 e. The van der Waals surface area contributed by atoms with E-state index in [1.165, 1.54) is 29.5 Å². The Hall–Kier alpha value is -1.60. The summed E-state index contributed by atoms with van der Waals surface area (Å²) in [5.41, 5.74) is 1.64. The van der Waals surface area contributed by atoms with Crippen LogP contribution in [0.3, 0.4) is 0 Å². The quantitative estimate of drug-likeness (QED) is 0.607. The molecule has 3 rings (SSSR count). The second-order valence-electron chi connectivity index (χ2n) is 5.98. The molecule has 0 saturated heterocycles. The maximum Gasteiger partial charge on any atom is 0.234 e. The molecule has 132 valence electrons. The largest absolute Gasteiger partial charge is 0.325 e. The number of hydrogen-bond donors (Lipinski definition) is 1. The minimum Gasteiger partial charge on any atom is -0.325 e. The molecule has 0 aliphatic carbocycles. The van der Waals surface area contributed by atoms with E-state index in [0.717, 1.165) is 22.3 Å². The van der Waals surface area contributed by atoms with E-state index < -0.39 is 0 Å². The lowest BCUT2D eigenvalue weighted by molar-refractivity contribution is -0.113. The summed E-state index contributed by atoms with van der Waals surface area (Å²) in [5, 5.41) is 5.12. The molecule has 2 heterocycles. The van der Waals surface area contributed by atoms with Crippen molar-refractivity contribution in [3.05, 3.63) is 41.5 Å². The van der Waals surface area contributed by atoms with Crippen molar-refractivity contribution in [3.8, 4) is 0 Å². The van der Waals surface area contributed by atoms with Gasteiger partial charge >= 0.3 is 0 Å². The van der Waals surface area contributed by atoms with Crippen LogP contribution < -0.4 is 5.32 Å². The second kappa shape index (κ2) is 7.74. The van der Waals surface area contributed by atoms with E-state index in [9.17, 15) is 9.18 Å². The number of fused-ring (bicyclic) bond motifs is 1. The highest BCUT2D eigenvalue weighted by Crippen LogP contribution is 2.48. The first kappa shape index (κ1) is 18.2. The van der Waals surface area contributed by atoms with Crippen LogP contribution in [0, 0.1) is 12.7 Å². The van der Waals surface area contributed by atoms with Gasteiger partial charge in [0.05, 0.1) is 5.75 Å². The number of thioether (sulfide) groups is 2. The fourth-order valence-corrected chi connectivity index (χ4v) is 5.38. The topological polar surface area (TPSA) is 54.9 Å². The zero-order valence-corrected chi connectivity index (χ0v) is 16.0. The average molecular weight is 378 g/mol. The van der Waals surface area contributed by atoms with Gasteiger partial charge in [0, 0.05) is 22.4 Å². The predicted octanol–water partition coefficient (Wildman–Crippen LogP) is 4.64. The Morgan fingerprint density at radius 3 is 2.92 bits per heavy atom. The highest BCUT2D eigenvalue weighted by Gasteiger charge is 2.33. The summed E-state index contributed by atoms with van der Waals surface area (Å²) in [4.78, 5) is 21.3. The van der Waals surface area contributed by atoms with Crippen molar-refractivity contribution in [2.24, 2.45) is 0 Å². The SMILES string of the molecule is CCC1c2c(SCC(=O)Nc3cccc(F)c3)nc(C)nc2SC1C. The van der Waals surface area contributed by atoms with E-state index in [0.29, 0.717) is 16.9 Å². The number of carbonyl (C=O) groups excluding carboxylic acids is 1. The zero-order valence-electron chi connectivity index (χ0n) is 14.4. The van der Waals surface area contributed by atoms with Gasteiger partial charge in [-0.2, -0.15) is 0 Å². The minimum atomic E-state index is -0.369. The molecule has 1 aromatic heterocycles. The van der Waals surface area contributed by atoms with Crippen LogP contribution >= 0.6 is 23.5 Å². The first-order valence-corrected chi connectivity index (χ1v) is 10.1. The number of aromatic nitrogens is 2. The maximum absolute atomic E-state index is 13.2. The van der Waals surface area contributed by atoms with Gasteiger partial charge in [0.2, 0.25) is 5.91 Å². The summed E-state index contributed by atoms with van der Waals surface area (Å²) in [5.74, 6) is 0.825. The third-order valence-electron chi connectivity index (χ3n) is 4.11. The van der Waals surface area contributed by atoms with E-state index in [4.69, 9.17) is 0 Å². The number of halogens is 1. The lowest BCUT2D eigenvalue weighted by Gasteiger charge is -2.15. The first-order valence-electron chi connectivity index (χ1n) is 8.21. The normalized spacial score (nSPS) is 18.9. The number of carbonyl (C=O) groups is 1. The van der Waals surface area contributed by atoms with Crippen LogP contribution in [0.5, 0.6) is 0 Å². The standard InChI is InChI=1S/C18H20FN3OS2/c1-4-14-10(2)25-18-16(14)17(20-11(3)21-18)24-9-15(23)22-13-7-5-6-12(19)8-13/h5-8,10,14H,4,9H2,1-3H3,(H,22,23). The van der Waals surface area contributed by atoms with Gasteiger partial charge in [-0.3, -0.25) is 4.79 Å². The van der Waals surface area contributed by atoms with Crippen molar-refractivity contribution in [1.29, 1.82) is 0 Å². The molecular formula is C18H20FN3OS2. The first-order chi connectivity index (χ1) is 12.0. The number of anilines is 1. The van der Waals surface area contributed by atoms with E-state index in [-0.39, 0.29) is 17.5 Å². The highest BCUT2D eigenvalue weighted by molar-refractivity contribution is 8.01. The van der Waals surface area contributed by atoms with Crippen molar-refractivity contribution in [1.82, 2.24) is 9.97 Å². The molecule has 2 aromatic rings. The molecule has 0 radical (unpaired) electrons. The van der Waals surface area contributed by atoms with Crippen molar-refractivity contribution >= 4 is 35.1 Å². The van der Waals surface area contributed by atoms with Crippen molar-refractivity contribution in [2.75, 3.05) is 11.1 Å². The monoisotopic (exact) mass is 377 g/mol. The molecule has 25 heavy (non-hydrogen) atoms. The number of nitrogens with one attached hydrogen (secondary N) is 1. The highest BCUT2D eigenvalue weighted by atomic mass is 32.2. The molecule has 1 N–H and O–H groups in total. The molecule has 1 amide bonds. The van der Waals surface area contributed by atoms with Crippen LogP contribution in [-0.2, 0) is 4.79 Å². The van der Waals surface area contributed by atoms with E-state index in [1.807, 2.05) is 6.92 Å². The summed E-state index contributed by atoms with van der Waals surface area (Å²) >= 11 is 3.21. The third kappa shape index (κ3) is 4.15. The van der Waals surface area contributed by atoms with Crippen LogP contribution in [0.25, 0.3) is 0 Å². The number of benzene rings is 1. The molecule has 1 aliphatic rings. The third-order valence-corrected chi connectivity index (χ3v) is 6.34. The molecule has 0 spiro atoms. The Morgan fingerprint density at radius 2 is 2.20 bits per heavy atom. The molecule has 0 fully saturated rings. The van der Waals surface area contributed by atoms with Gasteiger partial charge in [-0.15, -0.1) is 11.8 Å². The minimum absolute atomic E-state index is 0.174. The molecule has 0 saturated carbocycles. The molecular weight excluding hydrogens is 357 g/mol. The van der Waals surface area contributed by atoms with E-state index in [1.54, 1.807) is 23.9 Å². The molecule has 0 bridgehead atoms. The van der Waals surface area contributed by atoms with E-state index in [2.05, 4.69) is 29.1 Å². The van der Waals surface area contributed by atoms with Gasteiger partial charge in [-0.1, -0.05) is 31.7 Å². The molecule has 2 atom stereocenters. The van der Waals surface area contributed by atoms with Gasteiger partial charge in [0.25, 0.3) is 0 Å². The summed E-state index contributed by atoms with van der Waals surface area (Å²) < 4.78 is 13.2. The number of aryl methyl sites for hydroxylation is 1. The Kier molecular flexibility index (Phi) is 5.64.